The van der Waals surface area contributed by atoms with Crippen LogP contribution in [0.2, 0.25) is 0 Å². The minimum absolute atomic E-state index is 0.00403. The number of aromatic nitrogens is 1. The maximum absolute atomic E-state index is 13.2. The van der Waals surface area contributed by atoms with Gasteiger partial charge in [-0.25, -0.2) is 0 Å². The first-order chi connectivity index (χ1) is 17.7. The van der Waals surface area contributed by atoms with Crippen LogP contribution in [-0.4, -0.2) is 86.4 Å². The molecule has 0 unspecified atom stereocenters. The largest absolute Gasteiger partial charge is 0.382 e. The number of hydrogen-bond donors (Lipinski definition) is 3. The van der Waals surface area contributed by atoms with Crippen molar-refractivity contribution in [1.29, 1.82) is 0 Å². The van der Waals surface area contributed by atoms with Crippen LogP contribution < -0.4 is 16.0 Å². The van der Waals surface area contributed by atoms with Crippen LogP contribution in [0.3, 0.4) is 0 Å². The smallest absolute Gasteiger partial charge is 0.274 e. The Morgan fingerprint density at radius 1 is 0.973 bits per heavy atom. The molecule has 2 heterocycles. The fourth-order valence-corrected chi connectivity index (χ4v) is 3.63. The van der Waals surface area contributed by atoms with Gasteiger partial charge in [0.2, 0.25) is 11.8 Å². The van der Waals surface area contributed by atoms with E-state index in [1.54, 1.807) is 13.8 Å². The monoisotopic (exact) mass is 516 g/mol. The second-order valence-corrected chi connectivity index (χ2v) is 8.96. The Morgan fingerprint density at radius 2 is 1.54 bits per heavy atom. The minimum atomic E-state index is -1.15. The molecular weight excluding hydrogens is 484 g/mol. The zero-order valence-electron chi connectivity index (χ0n) is 21.2. The Balaban J connectivity index is 1.70. The van der Waals surface area contributed by atoms with Crippen LogP contribution in [0.25, 0.3) is 0 Å². The maximum atomic E-state index is 13.2. The van der Waals surface area contributed by atoms with Gasteiger partial charge in [-0.2, -0.15) is 0 Å². The topological polar surface area (TPSA) is 161 Å². The van der Waals surface area contributed by atoms with Crippen LogP contribution in [-0.2, 0) is 35.0 Å². The molecule has 3 N–H and O–H groups in total. The van der Waals surface area contributed by atoms with Crippen molar-refractivity contribution in [2.24, 2.45) is 0 Å². The molecule has 0 spiro atoms. The molecule has 1 aromatic heterocycles. The van der Waals surface area contributed by atoms with Crippen LogP contribution in [0.15, 0.2) is 40.9 Å². The van der Waals surface area contributed by atoms with E-state index in [0.29, 0.717) is 5.76 Å². The van der Waals surface area contributed by atoms with Crippen LogP contribution >= 0.6 is 0 Å². The predicted molar refractivity (Wildman–Crippen MR) is 130 cm³/mol. The van der Waals surface area contributed by atoms with Gasteiger partial charge in [0.15, 0.2) is 11.5 Å². The van der Waals surface area contributed by atoms with Crippen molar-refractivity contribution in [2.75, 3.05) is 34.0 Å². The highest BCUT2D eigenvalue weighted by molar-refractivity contribution is 5.99. The standard InChI is InChI=1S/C25H32N4O8/c1-15-10-18(29-37-15)22(31)27-20(13-35-4)24(33)28-19(12-34-3)23(32)26-17(21(30)25(2)14-36-25)11-16-8-6-5-7-9-16/h5-10,17,19-20H,11-14H2,1-4H3,(H,26,32)(H,27,31)(H,28,33)/t17-,19-,20-,25+/m0/s1. The molecular formula is C25H32N4O8. The molecule has 3 amide bonds. The van der Waals surface area contributed by atoms with Crippen LogP contribution in [0.5, 0.6) is 0 Å². The summed E-state index contributed by atoms with van der Waals surface area (Å²) in [6.45, 7) is 3.23. The van der Waals surface area contributed by atoms with Gasteiger partial charge in [0.25, 0.3) is 5.91 Å². The normalized spacial score (nSPS) is 18.8. The molecule has 3 rings (SSSR count). The number of nitrogens with one attached hydrogen (secondary N) is 3. The maximum Gasteiger partial charge on any atom is 0.274 e. The first-order valence-electron chi connectivity index (χ1n) is 11.7. The molecule has 1 aromatic carbocycles. The van der Waals surface area contributed by atoms with Gasteiger partial charge < -0.3 is 34.7 Å². The summed E-state index contributed by atoms with van der Waals surface area (Å²) in [6.07, 6.45) is 0.248. The molecule has 0 radical (unpaired) electrons. The second kappa shape index (κ2) is 12.6. The van der Waals surface area contributed by atoms with E-state index in [0.717, 1.165) is 5.56 Å². The number of ether oxygens (including phenoxy) is 3. The van der Waals surface area contributed by atoms with E-state index in [1.165, 1.54) is 20.3 Å². The van der Waals surface area contributed by atoms with Gasteiger partial charge >= 0.3 is 0 Å². The average molecular weight is 517 g/mol. The van der Waals surface area contributed by atoms with Gasteiger partial charge in [0.1, 0.15) is 23.4 Å². The molecule has 1 aliphatic heterocycles. The Labute approximate surface area is 214 Å². The number of carbonyl (C=O) groups is 4. The molecule has 1 aliphatic rings. The lowest BCUT2D eigenvalue weighted by Crippen LogP contribution is -2.59. The first kappa shape index (κ1) is 28.0. The van der Waals surface area contributed by atoms with Gasteiger partial charge in [-0.15, -0.1) is 0 Å². The highest BCUT2D eigenvalue weighted by Crippen LogP contribution is 2.29. The number of aryl methyl sites for hydroxylation is 1. The highest BCUT2D eigenvalue weighted by atomic mass is 16.6. The van der Waals surface area contributed by atoms with Crippen molar-refractivity contribution in [3.05, 3.63) is 53.4 Å². The third kappa shape index (κ3) is 7.68. The van der Waals surface area contributed by atoms with Gasteiger partial charge in [-0.3, -0.25) is 19.2 Å². The molecule has 0 saturated carbocycles. The molecule has 1 saturated heterocycles. The zero-order valence-corrected chi connectivity index (χ0v) is 21.2. The van der Waals surface area contributed by atoms with Gasteiger partial charge in [0, 0.05) is 20.3 Å². The summed E-state index contributed by atoms with van der Waals surface area (Å²) in [5.41, 5.74) is -0.112. The molecule has 0 aliphatic carbocycles. The van der Waals surface area contributed by atoms with Crippen LogP contribution in [0.4, 0.5) is 0 Å². The lowest BCUT2D eigenvalue weighted by atomic mass is 9.94. The number of ketones is 1. The number of epoxide rings is 1. The summed E-state index contributed by atoms with van der Waals surface area (Å²) in [5, 5.41) is 11.4. The Morgan fingerprint density at radius 3 is 2.05 bits per heavy atom. The molecule has 200 valence electrons. The van der Waals surface area contributed by atoms with E-state index in [-0.39, 0.29) is 37.7 Å². The SMILES string of the molecule is COC[C@H](NC(=O)c1cc(C)on1)C(=O)N[C@@H](COC)C(=O)N[C@@H](Cc1ccccc1)C(=O)[C@@]1(C)CO1. The van der Waals surface area contributed by atoms with Crippen LogP contribution in [0.1, 0.15) is 28.7 Å². The molecule has 4 atom stereocenters. The average Bonchev–Trinajstić information content (AvgIpc) is 3.48. The first-order valence-corrected chi connectivity index (χ1v) is 11.7. The van der Waals surface area contributed by atoms with Gasteiger partial charge in [-0.1, -0.05) is 35.5 Å². The van der Waals surface area contributed by atoms with Crippen molar-refractivity contribution < 1.29 is 37.9 Å². The predicted octanol–water partition coefficient (Wildman–Crippen LogP) is -0.0555. The van der Waals surface area contributed by atoms with Crippen molar-refractivity contribution in [3.63, 3.8) is 0 Å². The molecule has 12 heteroatoms. The third-order valence-corrected chi connectivity index (χ3v) is 5.80. The Bertz CT molecular complexity index is 1100. The molecule has 2 aromatic rings. The van der Waals surface area contributed by atoms with Crippen molar-refractivity contribution in [2.45, 2.75) is 44.0 Å². The Kier molecular flexibility index (Phi) is 9.50. The molecule has 0 bridgehead atoms. The van der Waals surface area contributed by atoms with Crippen LogP contribution in [0, 0.1) is 6.92 Å². The number of benzene rings is 1. The lowest BCUT2D eigenvalue weighted by Gasteiger charge is -2.25. The zero-order chi connectivity index (χ0) is 27.0. The quantitative estimate of drug-likeness (QED) is 0.292. The number of rotatable bonds is 14. The Hall–Kier alpha value is -3.61. The summed E-state index contributed by atoms with van der Waals surface area (Å²) in [4.78, 5) is 51.8. The lowest BCUT2D eigenvalue weighted by molar-refractivity contribution is -0.134. The van der Waals surface area contributed by atoms with E-state index in [4.69, 9.17) is 18.7 Å². The van der Waals surface area contributed by atoms with E-state index in [1.807, 2.05) is 30.3 Å². The van der Waals surface area contributed by atoms with E-state index in [2.05, 4.69) is 21.1 Å². The minimum Gasteiger partial charge on any atom is -0.382 e. The second-order valence-electron chi connectivity index (χ2n) is 8.96. The summed E-state index contributed by atoms with van der Waals surface area (Å²) < 4.78 is 20.4. The van der Waals surface area contributed by atoms with E-state index < -0.39 is 41.4 Å². The summed E-state index contributed by atoms with van der Waals surface area (Å²) in [6, 6.07) is 7.49. The summed E-state index contributed by atoms with van der Waals surface area (Å²) in [7, 11) is 2.74. The van der Waals surface area contributed by atoms with Crippen molar-refractivity contribution >= 4 is 23.5 Å². The number of amides is 3. The molecule has 37 heavy (non-hydrogen) atoms. The van der Waals surface area contributed by atoms with Gasteiger partial charge in [-0.05, 0) is 25.8 Å². The molecule has 12 nitrogen and oxygen atoms in total. The third-order valence-electron chi connectivity index (χ3n) is 5.80. The summed E-state index contributed by atoms with van der Waals surface area (Å²) in [5.74, 6) is -1.79. The summed E-state index contributed by atoms with van der Waals surface area (Å²) >= 11 is 0. The fraction of sp³-hybridized carbons (Fsp3) is 0.480. The number of nitrogens with zero attached hydrogens (tertiary/aromatic N) is 1. The number of carbonyl (C=O) groups excluding carboxylic acids is 4. The van der Waals surface area contributed by atoms with Crippen molar-refractivity contribution in [3.8, 4) is 0 Å². The van der Waals surface area contributed by atoms with E-state index >= 15 is 0 Å². The molecule has 1 fully saturated rings. The number of hydrogen-bond acceptors (Lipinski definition) is 9. The number of Topliss-reactive ketones (excluding diaryl/α,β-unsaturated/α-hetero) is 1. The fourth-order valence-electron chi connectivity index (χ4n) is 3.63. The van der Waals surface area contributed by atoms with E-state index in [9.17, 15) is 19.2 Å². The van der Waals surface area contributed by atoms with Gasteiger partial charge in [0.05, 0.1) is 25.9 Å². The van der Waals surface area contributed by atoms with Crippen molar-refractivity contribution in [1.82, 2.24) is 21.1 Å². The highest BCUT2D eigenvalue weighted by Gasteiger charge is 2.50. The number of methoxy groups -OCH3 is 2.